The Hall–Kier alpha value is -2.99. The summed E-state index contributed by atoms with van der Waals surface area (Å²) in [4.78, 5) is 5.65. The quantitative estimate of drug-likeness (QED) is 0.359. The monoisotopic (exact) mass is 378 g/mol. The van der Waals surface area contributed by atoms with E-state index in [1.54, 1.807) is 12.1 Å². The van der Waals surface area contributed by atoms with Gasteiger partial charge in [0, 0.05) is 39.6 Å². The second kappa shape index (κ2) is 7.32. The number of halogens is 1. The Bertz CT molecular complexity index is 1110. The Morgan fingerprint density at radius 3 is 2.74 bits per heavy atom. The molecule has 6 heteroatoms. The van der Waals surface area contributed by atoms with Crippen molar-refractivity contribution in [3.05, 3.63) is 71.0 Å². The highest BCUT2D eigenvalue weighted by molar-refractivity contribution is 7.15. The van der Waals surface area contributed by atoms with Crippen molar-refractivity contribution in [2.45, 2.75) is 20.4 Å². The third-order valence-corrected chi connectivity index (χ3v) is 5.31. The number of nitrogens with one attached hydrogen (secondary N) is 1. The molecule has 0 bridgehead atoms. The molecule has 1 N–H and O–H groups in total. The Balaban J connectivity index is 1.56. The van der Waals surface area contributed by atoms with Crippen LogP contribution >= 0.6 is 11.3 Å². The van der Waals surface area contributed by atoms with E-state index in [1.165, 1.54) is 34.4 Å². The van der Waals surface area contributed by atoms with E-state index in [0.29, 0.717) is 5.13 Å². The molecule has 27 heavy (non-hydrogen) atoms. The number of hydrazone groups is 1. The first-order valence-corrected chi connectivity index (χ1v) is 9.57. The largest absolute Gasteiger partial charge is 0.347 e. The summed E-state index contributed by atoms with van der Waals surface area (Å²) >= 11 is 1.53. The first-order valence-electron chi connectivity index (χ1n) is 8.76. The first-order chi connectivity index (χ1) is 13.2. The number of benzene rings is 2. The van der Waals surface area contributed by atoms with Gasteiger partial charge in [0.1, 0.15) is 5.82 Å². The van der Waals surface area contributed by atoms with Gasteiger partial charge in [-0.25, -0.2) is 9.37 Å². The maximum absolute atomic E-state index is 13.1. The number of anilines is 1. The van der Waals surface area contributed by atoms with Crippen LogP contribution in [-0.2, 0) is 6.54 Å². The maximum atomic E-state index is 13.1. The second-order valence-electron chi connectivity index (χ2n) is 6.19. The zero-order chi connectivity index (χ0) is 18.8. The van der Waals surface area contributed by atoms with Gasteiger partial charge in [-0.05, 0) is 44.2 Å². The van der Waals surface area contributed by atoms with Crippen molar-refractivity contribution in [1.82, 2.24) is 9.55 Å². The van der Waals surface area contributed by atoms with E-state index in [2.05, 4.69) is 45.3 Å². The number of aryl methyl sites for hydroxylation is 2. The van der Waals surface area contributed by atoms with Gasteiger partial charge in [0.15, 0.2) is 0 Å². The summed E-state index contributed by atoms with van der Waals surface area (Å²) < 4.78 is 15.3. The van der Waals surface area contributed by atoms with Crippen LogP contribution in [0.4, 0.5) is 9.52 Å². The lowest BCUT2D eigenvalue weighted by atomic mass is 10.1. The molecule has 4 aromatic rings. The molecule has 0 amide bonds. The SMILES string of the molecule is CCn1cc(/C=N/Nc2nc(-c3ccc(F)cc3)c(C)s2)c2ccccc21. The second-order valence-corrected chi connectivity index (χ2v) is 7.39. The molecular weight excluding hydrogens is 359 g/mol. The van der Waals surface area contributed by atoms with Crippen molar-refractivity contribution in [2.75, 3.05) is 5.43 Å². The van der Waals surface area contributed by atoms with Crippen LogP contribution in [0, 0.1) is 12.7 Å². The number of hydrogen-bond acceptors (Lipinski definition) is 4. The molecule has 2 heterocycles. The van der Waals surface area contributed by atoms with Crippen molar-refractivity contribution in [2.24, 2.45) is 5.10 Å². The fourth-order valence-corrected chi connectivity index (χ4v) is 3.90. The molecule has 4 nitrogen and oxygen atoms in total. The van der Waals surface area contributed by atoms with Crippen LogP contribution in [0.2, 0.25) is 0 Å². The Morgan fingerprint density at radius 2 is 1.96 bits per heavy atom. The number of aromatic nitrogens is 2. The molecular formula is C21H19FN4S. The Labute approximate surface area is 161 Å². The molecule has 2 aromatic heterocycles. The predicted octanol–water partition coefficient (Wildman–Crippen LogP) is 5.68. The first kappa shape index (κ1) is 17.4. The summed E-state index contributed by atoms with van der Waals surface area (Å²) in [7, 11) is 0. The highest BCUT2D eigenvalue weighted by atomic mass is 32.1. The van der Waals surface area contributed by atoms with E-state index in [-0.39, 0.29) is 5.82 Å². The van der Waals surface area contributed by atoms with Gasteiger partial charge in [0.2, 0.25) is 5.13 Å². The third kappa shape index (κ3) is 3.48. The van der Waals surface area contributed by atoms with E-state index >= 15 is 0 Å². The van der Waals surface area contributed by atoms with E-state index in [4.69, 9.17) is 0 Å². The molecule has 0 aliphatic heterocycles. The summed E-state index contributed by atoms with van der Waals surface area (Å²) in [6, 6.07) is 14.7. The van der Waals surface area contributed by atoms with E-state index in [9.17, 15) is 4.39 Å². The topological polar surface area (TPSA) is 42.2 Å². The smallest absolute Gasteiger partial charge is 0.204 e. The molecule has 4 rings (SSSR count). The summed E-state index contributed by atoms with van der Waals surface area (Å²) in [5.41, 5.74) is 7.03. The van der Waals surface area contributed by atoms with Gasteiger partial charge < -0.3 is 4.57 Å². The fraction of sp³-hybridized carbons (Fsp3) is 0.143. The molecule has 0 saturated carbocycles. The number of rotatable bonds is 5. The summed E-state index contributed by atoms with van der Waals surface area (Å²) in [5.74, 6) is -0.249. The van der Waals surface area contributed by atoms with Gasteiger partial charge >= 0.3 is 0 Å². The lowest BCUT2D eigenvalue weighted by molar-refractivity contribution is 0.628. The molecule has 0 fully saturated rings. The third-order valence-electron chi connectivity index (χ3n) is 4.44. The zero-order valence-corrected chi connectivity index (χ0v) is 15.9. The molecule has 136 valence electrons. The lowest BCUT2D eigenvalue weighted by Crippen LogP contribution is -1.91. The van der Waals surface area contributed by atoms with Crippen molar-refractivity contribution in [1.29, 1.82) is 0 Å². The molecule has 0 spiro atoms. The van der Waals surface area contributed by atoms with Crippen LogP contribution in [0.5, 0.6) is 0 Å². The van der Waals surface area contributed by atoms with E-state index < -0.39 is 0 Å². The fourth-order valence-electron chi connectivity index (χ4n) is 3.12. The van der Waals surface area contributed by atoms with Gasteiger partial charge in [-0.1, -0.05) is 18.2 Å². The van der Waals surface area contributed by atoms with Gasteiger partial charge in [0.25, 0.3) is 0 Å². The average molecular weight is 378 g/mol. The minimum Gasteiger partial charge on any atom is -0.347 e. The highest BCUT2D eigenvalue weighted by Gasteiger charge is 2.10. The molecule has 0 atom stereocenters. The number of fused-ring (bicyclic) bond motifs is 1. The van der Waals surface area contributed by atoms with Crippen molar-refractivity contribution in [3.63, 3.8) is 0 Å². The standard InChI is InChI=1S/C21H19FN4S/c1-3-26-13-16(18-6-4-5-7-19(18)26)12-23-25-21-24-20(14(2)27-21)15-8-10-17(22)11-9-15/h4-13H,3H2,1-2H3,(H,24,25)/b23-12+. The molecule has 0 saturated heterocycles. The molecule has 0 unspecified atom stereocenters. The number of nitrogens with zero attached hydrogens (tertiary/aromatic N) is 3. The van der Waals surface area contributed by atoms with Crippen molar-refractivity contribution in [3.8, 4) is 11.3 Å². The van der Waals surface area contributed by atoms with Gasteiger partial charge in [0.05, 0.1) is 11.9 Å². The predicted molar refractivity (Wildman–Crippen MR) is 111 cm³/mol. The van der Waals surface area contributed by atoms with Crippen LogP contribution in [0.1, 0.15) is 17.4 Å². The minimum atomic E-state index is -0.249. The molecule has 2 aromatic carbocycles. The normalized spacial score (nSPS) is 11.5. The maximum Gasteiger partial charge on any atom is 0.204 e. The Morgan fingerprint density at radius 1 is 1.19 bits per heavy atom. The van der Waals surface area contributed by atoms with Gasteiger partial charge in [-0.3, -0.25) is 5.43 Å². The van der Waals surface area contributed by atoms with Crippen molar-refractivity contribution < 1.29 is 4.39 Å². The average Bonchev–Trinajstić information content (AvgIpc) is 3.23. The molecule has 0 aliphatic rings. The Kier molecular flexibility index (Phi) is 4.73. The number of thiazole rings is 1. The van der Waals surface area contributed by atoms with Crippen LogP contribution < -0.4 is 5.43 Å². The van der Waals surface area contributed by atoms with Crippen LogP contribution in [0.25, 0.3) is 22.2 Å². The minimum absolute atomic E-state index is 0.249. The number of para-hydroxylation sites is 1. The zero-order valence-electron chi connectivity index (χ0n) is 15.1. The highest BCUT2D eigenvalue weighted by Crippen LogP contribution is 2.30. The van der Waals surface area contributed by atoms with Crippen LogP contribution in [0.15, 0.2) is 59.8 Å². The van der Waals surface area contributed by atoms with Gasteiger partial charge in [-0.2, -0.15) is 5.10 Å². The molecule has 0 radical (unpaired) electrons. The number of hydrogen-bond donors (Lipinski definition) is 1. The van der Waals surface area contributed by atoms with Gasteiger partial charge in [-0.15, -0.1) is 11.3 Å². The van der Waals surface area contributed by atoms with Crippen LogP contribution in [0.3, 0.4) is 0 Å². The van der Waals surface area contributed by atoms with E-state index in [1.807, 2.05) is 25.3 Å². The van der Waals surface area contributed by atoms with Crippen molar-refractivity contribution >= 4 is 33.6 Å². The summed E-state index contributed by atoms with van der Waals surface area (Å²) in [6.45, 7) is 5.04. The summed E-state index contributed by atoms with van der Waals surface area (Å²) in [5, 5.41) is 6.26. The van der Waals surface area contributed by atoms with Crippen LogP contribution in [-0.4, -0.2) is 15.8 Å². The van der Waals surface area contributed by atoms with E-state index in [0.717, 1.165) is 28.2 Å². The summed E-state index contributed by atoms with van der Waals surface area (Å²) in [6.07, 6.45) is 3.93. The molecule has 0 aliphatic carbocycles. The lowest BCUT2D eigenvalue weighted by Gasteiger charge is -1.98.